The Bertz CT molecular complexity index is 1270. The highest BCUT2D eigenvalue weighted by Gasteiger charge is 2.29. The SMILES string of the molecule is COc1ccc(CC2c3cc(OC)c(OC)cc3CCN2CCCOc2ccccc2[N+](=O)[O-])cc1OC.Cl. The van der Waals surface area contributed by atoms with E-state index in [1.54, 1.807) is 46.6 Å². The molecule has 0 fully saturated rings. The fraction of sp³-hybridized carbons (Fsp3) is 0.379. The van der Waals surface area contributed by atoms with Crippen molar-refractivity contribution in [1.29, 1.82) is 0 Å². The van der Waals surface area contributed by atoms with Crippen LogP contribution in [0.15, 0.2) is 54.6 Å². The van der Waals surface area contributed by atoms with Crippen LogP contribution in [0, 0.1) is 10.1 Å². The summed E-state index contributed by atoms with van der Waals surface area (Å²) in [7, 11) is 6.56. The van der Waals surface area contributed by atoms with E-state index in [1.165, 1.54) is 17.2 Å². The molecular weight excluding hydrogens is 524 g/mol. The summed E-state index contributed by atoms with van der Waals surface area (Å²) < 4.78 is 27.9. The lowest BCUT2D eigenvalue weighted by Gasteiger charge is -2.38. The van der Waals surface area contributed by atoms with E-state index in [1.807, 2.05) is 12.1 Å². The third kappa shape index (κ3) is 6.85. The Balaban J connectivity index is 0.00000420. The Kier molecular flexibility index (Phi) is 10.7. The van der Waals surface area contributed by atoms with Crippen LogP contribution in [0.25, 0.3) is 0 Å². The van der Waals surface area contributed by atoms with E-state index in [2.05, 4.69) is 23.1 Å². The van der Waals surface area contributed by atoms with Gasteiger partial charge in [0.25, 0.3) is 0 Å². The molecule has 1 atom stereocenters. The molecule has 0 saturated carbocycles. The van der Waals surface area contributed by atoms with Gasteiger partial charge in [0.05, 0.1) is 40.0 Å². The second-order valence-corrected chi connectivity index (χ2v) is 9.03. The van der Waals surface area contributed by atoms with Crippen molar-refractivity contribution in [3.63, 3.8) is 0 Å². The van der Waals surface area contributed by atoms with E-state index < -0.39 is 4.92 Å². The van der Waals surface area contributed by atoms with Gasteiger partial charge in [-0.3, -0.25) is 15.0 Å². The Hall–Kier alpha value is -3.69. The van der Waals surface area contributed by atoms with Crippen molar-refractivity contribution < 1.29 is 28.6 Å². The molecule has 1 aliphatic rings. The van der Waals surface area contributed by atoms with Gasteiger partial charge in [0.2, 0.25) is 0 Å². The predicted molar refractivity (Wildman–Crippen MR) is 151 cm³/mol. The van der Waals surface area contributed by atoms with Crippen LogP contribution in [0.3, 0.4) is 0 Å². The van der Waals surface area contributed by atoms with Crippen LogP contribution in [-0.4, -0.2) is 58.0 Å². The molecular formula is C29H35ClN2O7. The lowest BCUT2D eigenvalue weighted by Crippen LogP contribution is -2.37. The first-order valence-electron chi connectivity index (χ1n) is 12.5. The third-order valence-electron chi connectivity index (χ3n) is 6.90. The van der Waals surface area contributed by atoms with Gasteiger partial charge < -0.3 is 23.7 Å². The van der Waals surface area contributed by atoms with Gasteiger partial charge in [-0.2, -0.15) is 0 Å². The number of nitrogens with zero attached hydrogens (tertiary/aromatic N) is 2. The summed E-state index contributed by atoms with van der Waals surface area (Å²) >= 11 is 0. The molecule has 0 aromatic heterocycles. The highest BCUT2D eigenvalue weighted by Crippen LogP contribution is 2.40. The zero-order chi connectivity index (χ0) is 27.1. The minimum Gasteiger partial charge on any atom is -0.493 e. The lowest BCUT2D eigenvalue weighted by molar-refractivity contribution is -0.385. The number of rotatable bonds is 12. The van der Waals surface area contributed by atoms with Crippen LogP contribution in [-0.2, 0) is 12.8 Å². The maximum Gasteiger partial charge on any atom is 0.310 e. The van der Waals surface area contributed by atoms with E-state index in [9.17, 15) is 10.1 Å². The molecule has 0 bridgehead atoms. The first kappa shape index (κ1) is 29.9. The van der Waals surface area contributed by atoms with Crippen LogP contribution in [0.4, 0.5) is 5.69 Å². The Labute approximate surface area is 235 Å². The third-order valence-corrected chi connectivity index (χ3v) is 6.90. The topological polar surface area (TPSA) is 92.5 Å². The summed E-state index contributed by atoms with van der Waals surface area (Å²) in [5, 5.41) is 11.3. The van der Waals surface area contributed by atoms with Crippen molar-refractivity contribution in [2.45, 2.75) is 25.3 Å². The zero-order valence-electron chi connectivity index (χ0n) is 22.7. The van der Waals surface area contributed by atoms with Crippen molar-refractivity contribution in [3.05, 3.63) is 81.4 Å². The molecule has 210 valence electrons. The molecule has 0 aliphatic carbocycles. The molecule has 0 radical (unpaired) electrons. The number of para-hydroxylation sites is 2. The largest absolute Gasteiger partial charge is 0.493 e. The Morgan fingerprint density at radius 1 is 0.872 bits per heavy atom. The molecule has 10 heteroatoms. The standard InChI is InChI=1S/C29H34N2O7.ClH/c1-34-26-11-10-20(17-27(26)35-2)16-24-22-19-29(37-4)28(36-3)18-21(22)12-14-30(24)13-7-15-38-25-9-6-5-8-23(25)31(32)33;/h5-6,8-11,17-19,24H,7,12-16H2,1-4H3;1H. The van der Waals surface area contributed by atoms with E-state index in [0.29, 0.717) is 29.6 Å². The smallest absolute Gasteiger partial charge is 0.310 e. The van der Waals surface area contributed by atoms with Crippen LogP contribution in [0.2, 0.25) is 0 Å². The van der Waals surface area contributed by atoms with Crippen LogP contribution in [0.5, 0.6) is 28.7 Å². The summed E-state index contributed by atoms with van der Waals surface area (Å²) in [4.78, 5) is 13.3. The molecule has 0 saturated heterocycles. The van der Waals surface area contributed by atoms with Crippen molar-refractivity contribution in [2.24, 2.45) is 0 Å². The monoisotopic (exact) mass is 558 g/mol. The van der Waals surface area contributed by atoms with E-state index in [4.69, 9.17) is 23.7 Å². The molecule has 0 amide bonds. The average Bonchev–Trinajstić information content (AvgIpc) is 2.95. The number of methoxy groups -OCH3 is 4. The van der Waals surface area contributed by atoms with E-state index in [0.717, 1.165) is 43.7 Å². The van der Waals surface area contributed by atoms with Crippen molar-refractivity contribution in [1.82, 2.24) is 4.90 Å². The molecule has 1 unspecified atom stereocenters. The van der Waals surface area contributed by atoms with Crippen LogP contribution in [0.1, 0.15) is 29.2 Å². The summed E-state index contributed by atoms with van der Waals surface area (Å²) in [5.41, 5.74) is 3.53. The number of halogens is 1. The zero-order valence-corrected chi connectivity index (χ0v) is 23.5. The minimum absolute atomic E-state index is 0. The highest BCUT2D eigenvalue weighted by molar-refractivity contribution is 5.85. The maximum atomic E-state index is 11.3. The molecule has 3 aromatic carbocycles. The number of ether oxygens (including phenoxy) is 5. The van der Waals surface area contributed by atoms with E-state index >= 15 is 0 Å². The molecule has 3 aromatic rings. The average molecular weight is 559 g/mol. The van der Waals surface area contributed by atoms with Crippen molar-refractivity contribution in [2.75, 3.05) is 48.1 Å². The Morgan fingerprint density at radius 3 is 2.23 bits per heavy atom. The Morgan fingerprint density at radius 2 is 1.54 bits per heavy atom. The lowest BCUT2D eigenvalue weighted by atomic mass is 9.88. The fourth-order valence-corrected chi connectivity index (χ4v) is 5.00. The molecule has 0 spiro atoms. The van der Waals surface area contributed by atoms with Crippen LogP contribution < -0.4 is 23.7 Å². The van der Waals surface area contributed by atoms with Crippen LogP contribution >= 0.6 is 12.4 Å². The van der Waals surface area contributed by atoms with Gasteiger partial charge in [0, 0.05) is 25.2 Å². The molecule has 39 heavy (non-hydrogen) atoms. The molecule has 1 aliphatic heterocycles. The predicted octanol–water partition coefficient (Wildman–Crippen LogP) is 5.66. The van der Waals surface area contributed by atoms with Gasteiger partial charge in [-0.1, -0.05) is 18.2 Å². The van der Waals surface area contributed by atoms with Crippen molar-refractivity contribution >= 4 is 18.1 Å². The first-order valence-corrected chi connectivity index (χ1v) is 12.5. The summed E-state index contributed by atoms with van der Waals surface area (Å²) in [5.74, 6) is 3.10. The van der Waals surface area contributed by atoms with Gasteiger partial charge in [0.15, 0.2) is 28.7 Å². The highest BCUT2D eigenvalue weighted by atomic mass is 35.5. The number of hydrogen-bond donors (Lipinski definition) is 0. The first-order chi connectivity index (χ1) is 18.5. The summed E-state index contributed by atoms with van der Waals surface area (Å²) in [6, 6.07) is 16.7. The molecule has 4 rings (SSSR count). The molecule has 9 nitrogen and oxygen atoms in total. The van der Waals surface area contributed by atoms with Gasteiger partial charge in [0.1, 0.15) is 0 Å². The minimum atomic E-state index is -0.419. The quantitative estimate of drug-likeness (QED) is 0.160. The molecule has 1 heterocycles. The van der Waals surface area contributed by atoms with Gasteiger partial charge >= 0.3 is 5.69 Å². The normalized spacial score (nSPS) is 14.5. The fourth-order valence-electron chi connectivity index (χ4n) is 5.00. The number of nitro benzene ring substituents is 1. The van der Waals surface area contributed by atoms with Crippen molar-refractivity contribution in [3.8, 4) is 28.7 Å². The van der Waals surface area contributed by atoms with Gasteiger partial charge in [-0.15, -0.1) is 12.4 Å². The second kappa shape index (κ2) is 13.9. The van der Waals surface area contributed by atoms with E-state index in [-0.39, 0.29) is 24.1 Å². The number of hydrogen-bond acceptors (Lipinski definition) is 8. The number of fused-ring (bicyclic) bond motifs is 1. The maximum absolute atomic E-state index is 11.3. The summed E-state index contributed by atoms with van der Waals surface area (Å²) in [6.45, 7) is 2.02. The second-order valence-electron chi connectivity index (χ2n) is 9.03. The molecule has 0 N–H and O–H groups in total. The van der Waals surface area contributed by atoms with Gasteiger partial charge in [-0.05, 0) is 66.3 Å². The van der Waals surface area contributed by atoms with Gasteiger partial charge in [-0.25, -0.2) is 0 Å². The number of nitro groups is 1. The number of benzene rings is 3. The summed E-state index contributed by atoms with van der Waals surface area (Å²) in [6.07, 6.45) is 2.36.